The molecule has 0 bridgehead atoms. The third kappa shape index (κ3) is 4.80. The van der Waals surface area contributed by atoms with E-state index < -0.39 is 16.1 Å². The molecule has 25 heavy (non-hydrogen) atoms. The number of primary sulfonamides is 1. The van der Waals surface area contributed by atoms with E-state index in [0.717, 1.165) is 19.3 Å². The van der Waals surface area contributed by atoms with Crippen molar-refractivity contribution >= 4 is 21.7 Å². The van der Waals surface area contributed by atoms with Gasteiger partial charge >= 0.3 is 6.03 Å². The number of hydrogen-bond acceptors (Lipinski definition) is 3. The summed E-state index contributed by atoms with van der Waals surface area (Å²) in [4.78, 5) is 13.3. The quantitative estimate of drug-likeness (QED) is 0.740. The topological polar surface area (TPSA) is 106 Å². The average Bonchev–Trinajstić information content (AvgIpc) is 2.58. The predicted octanol–water partition coefficient (Wildman–Crippen LogP) is 3.08. The molecule has 134 valence electrons. The van der Waals surface area contributed by atoms with Crippen LogP contribution in [-0.4, -0.2) is 21.0 Å². The molecule has 0 aliphatic heterocycles. The fourth-order valence-corrected chi connectivity index (χ4v) is 3.42. The van der Waals surface area contributed by atoms with E-state index in [1.807, 2.05) is 0 Å². The van der Waals surface area contributed by atoms with Gasteiger partial charge in [-0.1, -0.05) is 50.1 Å². The van der Waals surface area contributed by atoms with Gasteiger partial charge in [-0.15, -0.1) is 0 Å². The minimum Gasteiger partial charge on any atom is -0.351 e. The van der Waals surface area contributed by atoms with E-state index >= 15 is 0 Å². The molecule has 0 atom stereocenters. The Morgan fingerprint density at radius 3 is 2.24 bits per heavy atom. The third-order valence-corrected chi connectivity index (χ3v) is 4.90. The van der Waals surface area contributed by atoms with Crippen LogP contribution in [0.5, 0.6) is 0 Å². The molecule has 2 rings (SSSR count). The van der Waals surface area contributed by atoms with Gasteiger partial charge in [-0.3, -0.25) is 4.90 Å². The number of carbonyl (C=O) groups excluding carboxylic acids is 1. The Labute approximate surface area is 148 Å². The maximum absolute atomic E-state index is 11.7. The van der Waals surface area contributed by atoms with Crippen LogP contribution in [0.25, 0.3) is 11.1 Å². The summed E-state index contributed by atoms with van der Waals surface area (Å²) in [5.74, 6) is 0. The number of primary amides is 1. The zero-order valence-corrected chi connectivity index (χ0v) is 15.0. The standard InChI is InChI=1S/C18H23N3O3S/c1-2-3-6-13-21(18(19)22)15-11-9-14(10-12-15)16-7-4-5-8-17(16)25(20,23)24/h4-5,7-12H,2-3,6,13H2,1H3,(H2,19,22)(H2,20,23,24). The number of unbranched alkanes of at least 4 members (excludes halogenated alkanes) is 2. The normalized spacial score (nSPS) is 11.3. The van der Waals surface area contributed by atoms with Crippen molar-refractivity contribution in [2.24, 2.45) is 10.9 Å². The maximum Gasteiger partial charge on any atom is 0.319 e. The molecule has 4 N–H and O–H groups in total. The summed E-state index contributed by atoms with van der Waals surface area (Å²) < 4.78 is 23.5. The summed E-state index contributed by atoms with van der Waals surface area (Å²) in [7, 11) is -3.82. The first kappa shape index (κ1) is 19.0. The first-order valence-electron chi connectivity index (χ1n) is 8.14. The molecule has 0 radical (unpaired) electrons. The first-order valence-corrected chi connectivity index (χ1v) is 9.68. The number of rotatable bonds is 7. The summed E-state index contributed by atoms with van der Waals surface area (Å²) in [6.45, 7) is 2.64. The van der Waals surface area contributed by atoms with E-state index in [1.165, 1.54) is 11.0 Å². The molecule has 2 aromatic rings. The van der Waals surface area contributed by atoms with Crippen LogP contribution in [0.1, 0.15) is 26.2 Å². The van der Waals surface area contributed by atoms with Crippen LogP contribution >= 0.6 is 0 Å². The molecule has 0 spiro atoms. The minimum absolute atomic E-state index is 0.0671. The fourth-order valence-electron chi connectivity index (χ4n) is 2.66. The van der Waals surface area contributed by atoms with Crippen molar-refractivity contribution in [2.75, 3.05) is 11.4 Å². The second kappa shape index (κ2) is 8.13. The molecule has 6 nitrogen and oxygen atoms in total. The van der Waals surface area contributed by atoms with E-state index in [9.17, 15) is 13.2 Å². The molecule has 0 fully saturated rings. The van der Waals surface area contributed by atoms with Crippen molar-refractivity contribution < 1.29 is 13.2 Å². The van der Waals surface area contributed by atoms with Crippen LogP contribution < -0.4 is 15.8 Å². The van der Waals surface area contributed by atoms with Gasteiger partial charge in [-0.2, -0.15) is 0 Å². The smallest absolute Gasteiger partial charge is 0.319 e. The fraction of sp³-hybridized carbons (Fsp3) is 0.278. The SMILES string of the molecule is CCCCCN(C(N)=O)c1ccc(-c2ccccc2S(N)(=O)=O)cc1. The van der Waals surface area contributed by atoms with Gasteiger partial charge in [0.05, 0.1) is 4.90 Å². The zero-order chi connectivity index (χ0) is 18.4. The summed E-state index contributed by atoms with van der Waals surface area (Å²) in [5, 5.41) is 5.28. The lowest BCUT2D eigenvalue weighted by Crippen LogP contribution is -2.36. The Balaban J connectivity index is 2.32. The van der Waals surface area contributed by atoms with Gasteiger partial charge in [-0.05, 0) is 30.2 Å². The van der Waals surface area contributed by atoms with E-state index in [4.69, 9.17) is 10.9 Å². The van der Waals surface area contributed by atoms with Crippen molar-refractivity contribution in [1.82, 2.24) is 0 Å². The van der Waals surface area contributed by atoms with Crippen LogP contribution in [0.15, 0.2) is 53.4 Å². The highest BCUT2D eigenvalue weighted by Gasteiger charge is 2.16. The van der Waals surface area contributed by atoms with Gasteiger partial charge in [0, 0.05) is 17.8 Å². The van der Waals surface area contributed by atoms with Crippen LogP contribution in [0, 0.1) is 0 Å². The summed E-state index contributed by atoms with van der Waals surface area (Å²) in [5.41, 5.74) is 7.38. The number of hydrogen-bond donors (Lipinski definition) is 2. The van der Waals surface area contributed by atoms with Gasteiger partial charge in [0.1, 0.15) is 0 Å². The highest BCUT2D eigenvalue weighted by Crippen LogP contribution is 2.28. The number of amides is 2. The number of benzene rings is 2. The van der Waals surface area contributed by atoms with Crippen molar-refractivity contribution in [3.8, 4) is 11.1 Å². The molecule has 0 aliphatic rings. The Morgan fingerprint density at radius 2 is 1.68 bits per heavy atom. The Hall–Kier alpha value is -2.38. The lowest BCUT2D eigenvalue weighted by atomic mass is 10.1. The highest BCUT2D eigenvalue weighted by molar-refractivity contribution is 7.89. The minimum atomic E-state index is -3.82. The van der Waals surface area contributed by atoms with Crippen LogP contribution in [-0.2, 0) is 10.0 Å². The lowest BCUT2D eigenvalue weighted by Gasteiger charge is -2.21. The number of sulfonamides is 1. The Morgan fingerprint density at radius 1 is 1.04 bits per heavy atom. The summed E-state index contributed by atoms with van der Waals surface area (Å²) in [6, 6.07) is 13.1. The van der Waals surface area contributed by atoms with Gasteiger partial charge < -0.3 is 5.73 Å². The number of nitrogens with two attached hydrogens (primary N) is 2. The largest absolute Gasteiger partial charge is 0.351 e. The molecule has 0 saturated heterocycles. The maximum atomic E-state index is 11.7. The monoisotopic (exact) mass is 361 g/mol. The van der Waals surface area contributed by atoms with Crippen molar-refractivity contribution in [2.45, 2.75) is 31.1 Å². The predicted molar refractivity (Wildman–Crippen MR) is 99.7 cm³/mol. The average molecular weight is 361 g/mol. The van der Waals surface area contributed by atoms with E-state index in [2.05, 4.69) is 6.92 Å². The van der Waals surface area contributed by atoms with Crippen LogP contribution in [0.3, 0.4) is 0 Å². The molecule has 0 saturated carbocycles. The molecular formula is C18H23N3O3S. The van der Waals surface area contributed by atoms with Crippen molar-refractivity contribution in [1.29, 1.82) is 0 Å². The van der Waals surface area contributed by atoms with Gasteiger partial charge in [0.15, 0.2) is 0 Å². The first-order chi connectivity index (χ1) is 11.8. The number of anilines is 1. The van der Waals surface area contributed by atoms with Gasteiger partial charge in [0.25, 0.3) is 0 Å². The Kier molecular flexibility index (Phi) is 6.17. The number of urea groups is 1. The zero-order valence-electron chi connectivity index (χ0n) is 14.2. The third-order valence-electron chi connectivity index (χ3n) is 3.93. The second-order valence-electron chi connectivity index (χ2n) is 5.79. The molecule has 2 aromatic carbocycles. The van der Waals surface area contributed by atoms with Gasteiger partial charge in [-0.25, -0.2) is 18.4 Å². The molecule has 0 aromatic heterocycles. The molecule has 7 heteroatoms. The molecule has 0 heterocycles. The van der Waals surface area contributed by atoms with Crippen molar-refractivity contribution in [3.05, 3.63) is 48.5 Å². The van der Waals surface area contributed by atoms with Crippen LogP contribution in [0.4, 0.5) is 10.5 Å². The highest BCUT2D eigenvalue weighted by atomic mass is 32.2. The van der Waals surface area contributed by atoms with Crippen molar-refractivity contribution in [3.63, 3.8) is 0 Å². The Bertz CT molecular complexity index is 833. The van der Waals surface area contributed by atoms with E-state index in [1.54, 1.807) is 42.5 Å². The molecule has 0 aliphatic carbocycles. The molecule has 0 unspecified atom stereocenters. The van der Waals surface area contributed by atoms with Gasteiger partial charge in [0.2, 0.25) is 10.0 Å². The van der Waals surface area contributed by atoms with E-state index in [0.29, 0.717) is 23.4 Å². The summed E-state index contributed by atoms with van der Waals surface area (Å²) in [6.07, 6.45) is 2.94. The van der Waals surface area contributed by atoms with E-state index in [-0.39, 0.29) is 4.90 Å². The number of carbonyl (C=O) groups is 1. The van der Waals surface area contributed by atoms with Crippen LogP contribution in [0.2, 0.25) is 0 Å². The molecular weight excluding hydrogens is 338 g/mol. The second-order valence-corrected chi connectivity index (χ2v) is 7.31. The molecule has 2 amide bonds. The number of nitrogens with zero attached hydrogens (tertiary/aromatic N) is 1. The lowest BCUT2D eigenvalue weighted by molar-refractivity contribution is 0.253. The summed E-state index contributed by atoms with van der Waals surface area (Å²) >= 11 is 0.